The zero-order valence-electron chi connectivity index (χ0n) is 14.2. The number of rotatable bonds is 3. The summed E-state index contributed by atoms with van der Waals surface area (Å²) in [4.78, 5) is 14.7. The zero-order chi connectivity index (χ0) is 15.8. The van der Waals surface area contributed by atoms with Gasteiger partial charge in [0.1, 0.15) is 0 Å². The lowest BCUT2D eigenvalue weighted by Gasteiger charge is -2.48. The molecule has 1 fully saturated rings. The van der Waals surface area contributed by atoms with Crippen molar-refractivity contribution in [3.05, 3.63) is 0 Å². The molecule has 1 atom stereocenters. The van der Waals surface area contributed by atoms with Crippen LogP contribution in [0.2, 0.25) is 0 Å². The third kappa shape index (κ3) is 5.06. The lowest BCUT2D eigenvalue weighted by molar-refractivity contribution is -0.190. The molecule has 1 rings (SSSR count). The summed E-state index contributed by atoms with van der Waals surface area (Å²) in [6.45, 7) is 16.3. The van der Waals surface area contributed by atoms with E-state index in [0.717, 1.165) is 6.42 Å². The van der Waals surface area contributed by atoms with Crippen molar-refractivity contribution >= 4 is 5.91 Å². The summed E-state index contributed by atoms with van der Waals surface area (Å²) in [6, 6.07) is 0. The largest absolute Gasteiger partial charge is 0.366 e. The highest BCUT2D eigenvalue weighted by Gasteiger charge is 2.41. The first-order chi connectivity index (χ1) is 8.85. The Kier molecular flexibility index (Phi) is 4.92. The Morgan fingerprint density at radius 2 is 1.65 bits per heavy atom. The molecular weight excluding hydrogens is 252 g/mol. The average Bonchev–Trinajstić information content (AvgIpc) is 2.19. The maximum Gasteiger partial charge on any atom is 0.227 e. The van der Waals surface area contributed by atoms with Gasteiger partial charge in [-0.3, -0.25) is 4.79 Å². The first-order valence-electron chi connectivity index (χ1n) is 7.54. The number of carbonyl (C=O) groups is 1. The predicted octanol–water partition coefficient (Wildman–Crippen LogP) is 2.41. The SMILES string of the molecule is CC(C)(C)CC(CN)C(=O)N1CC(C)(C)OC(C)(C)C1. The molecule has 0 saturated carbocycles. The molecule has 1 aliphatic heterocycles. The fraction of sp³-hybridized carbons (Fsp3) is 0.938. The fourth-order valence-corrected chi connectivity index (χ4v) is 3.21. The van der Waals surface area contributed by atoms with Crippen molar-refractivity contribution in [3.8, 4) is 0 Å². The summed E-state index contributed by atoms with van der Waals surface area (Å²) in [5.41, 5.74) is 5.34. The topological polar surface area (TPSA) is 55.6 Å². The van der Waals surface area contributed by atoms with Crippen LogP contribution in [0.3, 0.4) is 0 Å². The molecule has 118 valence electrons. The summed E-state index contributed by atoms with van der Waals surface area (Å²) in [7, 11) is 0. The van der Waals surface area contributed by atoms with E-state index in [1.165, 1.54) is 0 Å². The molecule has 4 nitrogen and oxygen atoms in total. The maximum absolute atomic E-state index is 12.8. The molecule has 0 radical (unpaired) electrons. The Balaban J connectivity index is 2.84. The van der Waals surface area contributed by atoms with E-state index >= 15 is 0 Å². The third-order valence-electron chi connectivity index (χ3n) is 3.50. The molecule has 1 aliphatic rings. The highest BCUT2D eigenvalue weighted by atomic mass is 16.5. The molecule has 0 aromatic heterocycles. The highest BCUT2D eigenvalue weighted by Crippen LogP contribution is 2.31. The summed E-state index contributed by atoms with van der Waals surface area (Å²) in [6.07, 6.45) is 0.820. The number of amides is 1. The Morgan fingerprint density at radius 3 is 2.00 bits per heavy atom. The van der Waals surface area contributed by atoms with Crippen molar-refractivity contribution in [2.45, 2.75) is 66.1 Å². The van der Waals surface area contributed by atoms with Crippen LogP contribution in [0.1, 0.15) is 54.9 Å². The average molecular weight is 284 g/mol. The van der Waals surface area contributed by atoms with Crippen LogP contribution in [-0.4, -0.2) is 41.6 Å². The Labute approximate surface area is 124 Å². The molecule has 1 amide bonds. The first kappa shape index (κ1) is 17.4. The quantitative estimate of drug-likeness (QED) is 0.866. The molecule has 1 unspecified atom stereocenters. The zero-order valence-corrected chi connectivity index (χ0v) is 14.2. The van der Waals surface area contributed by atoms with E-state index in [9.17, 15) is 4.79 Å². The molecule has 0 aromatic carbocycles. The van der Waals surface area contributed by atoms with Crippen LogP contribution in [0, 0.1) is 11.3 Å². The third-order valence-corrected chi connectivity index (χ3v) is 3.50. The Hall–Kier alpha value is -0.610. The van der Waals surface area contributed by atoms with Crippen molar-refractivity contribution in [3.63, 3.8) is 0 Å². The minimum absolute atomic E-state index is 0.0975. The van der Waals surface area contributed by atoms with Gasteiger partial charge in [-0.1, -0.05) is 20.8 Å². The summed E-state index contributed by atoms with van der Waals surface area (Å²) in [5, 5.41) is 0. The van der Waals surface area contributed by atoms with E-state index in [1.807, 2.05) is 32.6 Å². The number of nitrogens with zero attached hydrogens (tertiary/aromatic N) is 1. The van der Waals surface area contributed by atoms with E-state index in [4.69, 9.17) is 10.5 Å². The van der Waals surface area contributed by atoms with Crippen LogP contribution >= 0.6 is 0 Å². The van der Waals surface area contributed by atoms with Crippen molar-refractivity contribution in [2.24, 2.45) is 17.1 Å². The maximum atomic E-state index is 12.8. The number of carbonyl (C=O) groups excluding carboxylic acids is 1. The van der Waals surface area contributed by atoms with Crippen LogP contribution in [0.4, 0.5) is 0 Å². The minimum atomic E-state index is -0.307. The lowest BCUT2D eigenvalue weighted by Crippen LogP contribution is -2.60. The molecule has 0 bridgehead atoms. The second kappa shape index (κ2) is 5.64. The molecule has 1 heterocycles. The summed E-state index contributed by atoms with van der Waals surface area (Å²) >= 11 is 0. The normalized spacial score (nSPS) is 23.5. The van der Waals surface area contributed by atoms with Gasteiger partial charge in [-0.05, 0) is 39.5 Å². The number of hydrogen-bond acceptors (Lipinski definition) is 3. The van der Waals surface area contributed by atoms with E-state index in [0.29, 0.717) is 19.6 Å². The van der Waals surface area contributed by atoms with Crippen LogP contribution < -0.4 is 5.73 Å². The predicted molar refractivity (Wildman–Crippen MR) is 82.4 cm³/mol. The number of hydrogen-bond donors (Lipinski definition) is 1. The van der Waals surface area contributed by atoms with Crippen LogP contribution in [0.25, 0.3) is 0 Å². The van der Waals surface area contributed by atoms with Crippen LogP contribution in [0.5, 0.6) is 0 Å². The number of nitrogens with two attached hydrogens (primary N) is 1. The van der Waals surface area contributed by atoms with Gasteiger partial charge >= 0.3 is 0 Å². The van der Waals surface area contributed by atoms with Gasteiger partial charge in [-0.2, -0.15) is 0 Å². The molecule has 0 spiro atoms. The smallest absolute Gasteiger partial charge is 0.227 e. The summed E-state index contributed by atoms with van der Waals surface area (Å²) < 4.78 is 6.03. The van der Waals surface area contributed by atoms with Crippen LogP contribution in [-0.2, 0) is 9.53 Å². The molecule has 20 heavy (non-hydrogen) atoms. The van der Waals surface area contributed by atoms with Crippen LogP contribution in [0.15, 0.2) is 0 Å². The van der Waals surface area contributed by atoms with Crippen molar-refractivity contribution < 1.29 is 9.53 Å². The van der Waals surface area contributed by atoms with E-state index < -0.39 is 0 Å². The van der Waals surface area contributed by atoms with Gasteiger partial charge < -0.3 is 15.4 Å². The summed E-state index contributed by atoms with van der Waals surface area (Å²) in [5.74, 6) is 0.0755. The van der Waals surface area contributed by atoms with Crippen molar-refractivity contribution in [1.29, 1.82) is 0 Å². The molecule has 2 N–H and O–H groups in total. The van der Waals surface area contributed by atoms with Gasteiger partial charge in [0.25, 0.3) is 0 Å². The van der Waals surface area contributed by atoms with Gasteiger partial charge in [-0.25, -0.2) is 0 Å². The molecule has 4 heteroatoms. The lowest BCUT2D eigenvalue weighted by atomic mass is 9.83. The second-order valence-electron chi connectivity index (χ2n) is 8.51. The monoisotopic (exact) mass is 284 g/mol. The number of ether oxygens (including phenoxy) is 1. The molecular formula is C16H32N2O2. The number of morpholine rings is 1. The van der Waals surface area contributed by atoms with E-state index in [2.05, 4.69) is 20.8 Å². The Morgan fingerprint density at radius 1 is 1.20 bits per heavy atom. The van der Waals surface area contributed by atoms with Gasteiger partial charge in [0, 0.05) is 19.6 Å². The minimum Gasteiger partial charge on any atom is -0.366 e. The molecule has 1 saturated heterocycles. The van der Waals surface area contributed by atoms with Gasteiger partial charge in [0.2, 0.25) is 5.91 Å². The molecule has 0 aliphatic carbocycles. The standard InChI is InChI=1S/C16H32N2O2/c1-14(2,3)8-12(9-17)13(19)18-10-15(4,5)20-16(6,7)11-18/h12H,8-11,17H2,1-7H3. The first-order valence-corrected chi connectivity index (χ1v) is 7.54. The van der Waals surface area contributed by atoms with Gasteiger partial charge in [-0.15, -0.1) is 0 Å². The fourth-order valence-electron chi connectivity index (χ4n) is 3.21. The van der Waals surface area contributed by atoms with Crippen molar-refractivity contribution in [1.82, 2.24) is 4.90 Å². The highest BCUT2D eigenvalue weighted by molar-refractivity contribution is 5.79. The molecule has 0 aromatic rings. The Bertz CT molecular complexity index is 340. The van der Waals surface area contributed by atoms with Gasteiger partial charge in [0.05, 0.1) is 17.1 Å². The van der Waals surface area contributed by atoms with Crippen molar-refractivity contribution in [2.75, 3.05) is 19.6 Å². The van der Waals surface area contributed by atoms with E-state index in [1.54, 1.807) is 0 Å². The van der Waals surface area contributed by atoms with Gasteiger partial charge in [0.15, 0.2) is 0 Å². The second-order valence-corrected chi connectivity index (χ2v) is 8.51. The van der Waals surface area contributed by atoms with E-state index in [-0.39, 0.29) is 28.4 Å².